The van der Waals surface area contributed by atoms with Crippen molar-refractivity contribution >= 4 is 11.6 Å². The molecule has 0 spiro atoms. The number of carbonyl (C=O) groups excluding carboxylic acids is 1. The van der Waals surface area contributed by atoms with E-state index >= 15 is 0 Å². The second kappa shape index (κ2) is 5.79. The minimum atomic E-state index is -0.181. The van der Waals surface area contributed by atoms with Gasteiger partial charge in [-0.15, -0.1) is 0 Å². The van der Waals surface area contributed by atoms with Crippen LogP contribution in [0.1, 0.15) is 23.7 Å². The Morgan fingerprint density at radius 3 is 2.50 bits per heavy atom. The van der Waals surface area contributed by atoms with Crippen LogP contribution in [0.4, 0.5) is 5.69 Å². The first-order valence-corrected chi connectivity index (χ1v) is 8.69. The lowest BCUT2D eigenvalue weighted by Gasteiger charge is -2.48. The summed E-state index contributed by atoms with van der Waals surface area (Å²) in [6.45, 7) is 8.67. The van der Waals surface area contributed by atoms with E-state index in [0.29, 0.717) is 11.3 Å². The van der Waals surface area contributed by atoms with E-state index in [9.17, 15) is 4.79 Å². The third-order valence-corrected chi connectivity index (χ3v) is 5.68. The van der Waals surface area contributed by atoms with Gasteiger partial charge in [-0.2, -0.15) is 0 Å². The molecule has 0 saturated carbocycles. The zero-order chi connectivity index (χ0) is 16.7. The lowest BCUT2D eigenvalue weighted by atomic mass is 9.74. The van der Waals surface area contributed by atoms with E-state index in [4.69, 9.17) is 5.73 Å². The number of nitrogens with one attached hydrogen (secondary N) is 2. The number of nitrogen functional groups attached to an aromatic ring is 1. The van der Waals surface area contributed by atoms with Gasteiger partial charge in [-0.25, -0.2) is 0 Å². The highest BCUT2D eigenvalue weighted by Gasteiger charge is 2.47. The van der Waals surface area contributed by atoms with Crippen LogP contribution in [0.5, 0.6) is 0 Å². The number of nitrogens with zero attached hydrogens (tertiary/aromatic N) is 2. The predicted octanol–water partition coefficient (Wildman–Crippen LogP) is 0.799. The maximum Gasteiger partial charge on any atom is 0.271 e. The summed E-state index contributed by atoms with van der Waals surface area (Å²) >= 11 is 0. The van der Waals surface area contributed by atoms with Crippen LogP contribution in [-0.2, 0) is 0 Å². The molecule has 24 heavy (non-hydrogen) atoms. The second-order valence-corrected chi connectivity index (χ2v) is 7.20. The third-order valence-electron chi connectivity index (χ3n) is 5.68. The monoisotopic (exact) mass is 327 g/mol. The highest BCUT2D eigenvalue weighted by atomic mass is 16.2. The van der Waals surface area contributed by atoms with E-state index in [-0.39, 0.29) is 11.3 Å². The Balaban J connectivity index is 1.57. The van der Waals surface area contributed by atoms with Crippen LogP contribution in [0.2, 0.25) is 0 Å². The number of nitrogens with two attached hydrogens (primary N) is 1. The van der Waals surface area contributed by atoms with Crippen molar-refractivity contribution in [2.45, 2.75) is 13.3 Å². The first-order valence-electron chi connectivity index (χ1n) is 8.69. The molecule has 4 N–H and O–H groups in total. The van der Waals surface area contributed by atoms with E-state index in [2.05, 4.69) is 27.6 Å². The zero-order valence-corrected chi connectivity index (χ0v) is 14.1. The molecule has 0 aromatic heterocycles. The molecule has 2 saturated heterocycles. The van der Waals surface area contributed by atoms with Crippen molar-refractivity contribution in [1.82, 2.24) is 20.7 Å². The standard InChI is InChI=1S/C18H25N5O/c1-2-18-11-22-7-8-23(12-18)10-13(9-22)16(18)20-21-17(24)14-5-3-4-6-15(14)19/h3-6,20H,2,7-12,19H2,1H3,(H,21,24). The number of carbonyl (C=O) groups is 1. The number of anilines is 1. The summed E-state index contributed by atoms with van der Waals surface area (Å²) in [5.41, 5.74) is 15.8. The number of hydrogen-bond acceptors (Lipinski definition) is 5. The number of hydrazine groups is 1. The van der Waals surface area contributed by atoms with E-state index < -0.39 is 0 Å². The zero-order valence-electron chi connectivity index (χ0n) is 14.1. The summed E-state index contributed by atoms with van der Waals surface area (Å²) < 4.78 is 0. The highest BCUT2D eigenvalue weighted by Crippen LogP contribution is 2.42. The molecule has 128 valence electrons. The van der Waals surface area contributed by atoms with Crippen molar-refractivity contribution in [3.63, 3.8) is 0 Å². The van der Waals surface area contributed by atoms with Crippen LogP contribution in [0, 0.1) is 5.41 Å². The fourth-order valence-electron chi connectivity index (χ4n) is 4.41. The first-order chi connectivity index (χ1) is 11.6. The van der Waals surface area contributed by atoms with Gasteiger partial charge in [-0.3, -0.25) is 20.0 Å². The van der Waals surface area contributed by atoms with Gasteiger partial charge in [0.2, 0.25) is 0 Å². The van der Waals surface area contributed by atoms with Gasteiger partial charge in [0.15, 0.2) is 0 Å². The van der Waals surface area contributed by atoms with E-state index in [1.807, 2.05) is 12.1 Å². The molecule has 2 fully saturated rings. The molecule has 4 bridgehead atoms. The van der Waals surface area contributed by atoms with Gasteiger partial charge in [-0.05, 0) is 24.1 Å². The normalized spacial score (nSPS) is 31.0. The van der Waals surface area contributed by atoms with Crippen molar-refractivity contribution < 1.29 is 4.79 Å². The topological polar surface area (TPSA) is 73.6 Å². The molecule has 2 unspecified atom stereocenters. The predicted molar refractivity (Wildman–Crippen MR) is 94.1 cm³/mol. The maximum atomic E-state index is 12.5. The smallest absolute Gasteiger partial charge is 0.271 e. The highest BCUT2D eigenvalue weighted by molar-refractivity contribution is 5.98. The molecule has 4 heterocycles. The Morgan fingerprint density at radius 1 is 1.21 bits per heavy atom. The van der Waals surface area contributed by atoms with Crippen molar-refractivity contribution in [2.75, 3.05) is 45.0 Å². The summed E-state index contributed by atoms with van der Waals surface area (Å²) in [7, 11) is 0. The summed E-state index contributed by atoms with van der Waals surface area (Å²) in [5.74, 6) is -0.181. The van der Waals surface area contributed by atoms with Gasteiger partial charge in [0.25, 0.3) is 5.91 Å². The number of fused-ring (bicyclic) bond motifs is 1. The molecule has 6 nitrogen and oxygen atoms in total. The van der Waals surface area contributed by atoms with Crippen molar-refractivity contribution in [3.8, 4) is 0 Å². The van der Waals surface area contributed by atoms with E-state index in [1.165, 1.54) is 11.3 Å². The van der Waals surface area contributed by atoms with Gasteiger partial charge >= 0.3 is 0 Å². The third kappa shape index (κ3) is 2.46. The first kappa shape index (κ1) is 15.5. The molecule has 0 radical (unpaired) electrons. The summed E-state index contributed by atoms with van der Waals surface area (Å²) in [6, 6.07) is 7.16. The molecular weight excluding hydrogens is 302 g/mol. The van der Waals surface area contributed by atoms with E-state index in [0.717, 1.165) is 45.7 Å². The minimum absolute atomic E-state index is 0.0951. The van der Waals surface area contributed by atoms with E-state index in [1.54, 1.807) is 12.1 Å². The van der Waals surface area contributed by atoms with Crippen LogP contribution in [0.15, 0.2) is 35.5 Å². The number of amides is 1. The second-order valence-electron chi connectivity index (χ2n) is 7.20. The minimum Gasteiger partial charge on any atom is -0.398 e. The number of benzene rings is 1. The Hall–Kier alpha value is -2.05. The number of hydrogen-bond donors (Lipinski definition) is 3. The average molecular weight is 327 g/mol. The lowest BCUT2D eigenvalue weighted by Crippen LogP contribution is -2.57. The molecular formula is C18H25N5O. The lowest BCUT2D eigenvalue weighted by molar-refractivity contribution is 0.0907. The largest absolute Gasteiger partial charge is 0.398 e. The average Bonchev–Trinajstić information content (AvgIpc) is 2.82. The Morgan fingerprint density at radius 2 is 1.88 bits per heavy atom. The molecule has 1 amide bonds. The quantitative estimate of drug-likeness (QED) is 0.563. The SMILES string of the molecule is CCC12CN3CCN(CC(=C1NNC(=O)c1ccccc1N)C3)C2. The van der Waals surface area contributed by atoms with Crippen molar-refractivity contribution in [3.05, 3.63) is 41.1 Å². The van der Waals surface area contributed by atoms with Gasteiger partial charge < -0.3 is 11.2 Å². The molecule has 1 aromatic rings. The molecule has 2 atom stereocenters. The van der Waals surface area contributed by atoms with Crippen LogP contribution in [-0.4, -0.2) is 55.0 Å². The molecule has 6 heteroatoms. The van der Waals surface area contributed by atoms with Crippen molar-refractivity contribution in [2.24, 2.45) is 5.41 Å². The van der Waals surface area contributed by atoms with Gasteiger partial charge in [0, 0.05) is 56.1 Å². The Bertz CT molecular complexity index is 680. The molecule has 5 rings (SSSR count). The van der Waals surface area contributed by atoms with Gasteiger partial charge in [-0.1, -0.05) is 19.1 Å². The fraction of sp³-hybridized carbons (Fsp3) is 0.500. The molecule has 4 aliphatic rings. The summed E-state index contributed by atoms with van der Waals surface area (Å²) in [6.07, 6.45) is 1.06. The van der Waals surface area contributed by atoms with Gasteiger partial charge in [0.05, 0.1) is 5.56 Å². The fourth-order valence-corrected chi connectivity index (χ4v) is 4.41. The number of rotatable bonds is 4. The summed E-state index contributed by atoms with van der Waals surface area (Å²) in [5, 5.41) is 0. The van der Waals surface area contributed by atoms with Crippen LogP contribution in [0.3, 0.4) is 0 Å². The van der Waals surface area contributed by atoms with Crippen LogP contribution < -0.4 is 16.6 Å². The van der Waals surface area contributed by atoms with Crippen molar-refractivity contribution in [1.29, 1.82) is 0 Å². The molecule has 1 aromatic carbocycles. The Labute approximate surface area is 142 Å². The molecule has 4 aliphatic heterocycles. The van der Waals surface area contributed by atoms with Crippen LogP contribution >= 0.6 is 0 Å². The summed E-state index contributed by atoms with van der Waals surface area (Å²) in [4.78, 5) is 17.6. The van der Waals surface area contributed by atoms with Crippen LogP contribution in [0.25, 0.3) is 0 Å². The van der Waals surface area contributed by atoms with Gasteiger partial charge in [0.1, 0.15) is 0 Å². The maximum absolute atomic E-state index is 12.5. The molecule has 0 aliphatic carbocycles. The Kier molecular flexibility index (Phi) is 3.73. The number of para-hydroxylation sites is 1.